The molecule has 1 aromatic rings. The molecule has 0 bridgehead atoms. The van der Waals surface area contributed by atoms with E-state index in [4.69, 9.17) is 9.94 Å². The van der Waals surface area contributed by atoms with Crippen LogP contribution in [0.4, 0.5) is 0 Å². The van der Waals surface area contributed by atoms with Gasteiger partial charge in [-0.05, 0) is 24.6 Å². The average molecular weight is 205 g/mol. The van der Waals surface area contributed by atoms with Crippen LogP contribution in [0.3, 0.4) is 0 Å². The molecule has 2 rings (SSSR count). The molecule has 1 heterocycles. The summed E-state index contributed by atoms with van der Waals surface area (Å²) in [6.07, 6.45) is 0.708. The third-order valence-corrected chi connectivity index (χ3v) is 2.35. The van der Waals surface area contributed by atoms with E-state index >= 15 is 0 Å². The lowest BCUT2D eigenvalue weighted by Crippen LogP contribution is -2.00. The maximum absolute atomic E-state index is 10.6. The van der Waals surface area contributed by atoms with Crippen molar-refractivity contribution < 1.29 is 14.7 Å². The Morgan fingerprint density at radius 3 is 2.60 bits per heavy atom. The molecule has 1 N–H and O–H groups in total. The lowest BCUT2D eigenvalue weighted by Gasteiger charge is -2.07. The van der Waals surface area contributed by atoms with E-state index in [1.54, 1.807) is 24.3 Å². The van der Waals surface area contributed by atoms with E-state index in [9.17, 15) is 4.79 Å². The molecule has 0 amide bonds. The number of hydrogen-bond acceptors (Lipinski definition) is 3. The molecule has 0 aliphatic carbocycles. The molecule has 1 aliphatic rings. The Balaban J connectivity index is 2.14. The topological polar surface area (TPSA) is 58.9 Å². The van der Waals surface area contributed by atoms with Gasteiger partial charge in [0.05, 0.1) is 11.3 Å². The van der Waals surface area contributed by atoms with E-state index in [1.165, 1.54) is 0 Å². The fourth-order valence-electron chi connectivity index (χ4n) is 1.52. The number of oxime groups is 1. The van der Waals surface area contributed by atoms with Crippen molar-refractivity contribution in [3.8, 4) is 0 Å². The highest BCUT2D eigenvalue weighted by molar-refractivity contribution is 5.87. The van der Waals surface area contributed by atoms with E-state index in [1.807, 2.05) is 6.92 Å². The summed E-state index contributed by atoms with van der Waals surface area (Å²) in [5.41, 5.74) is 2.21. The minimum Gasteiger partial charge on any atom is -0.478 e. The molecule has 1 aromatic carbocycles. The summed E-state index contributed by atoms with van der Waals surface area (Å²) in [7, 11) is 0. The summed E-state index contributed by atoms with van der Waals surface area (Å²) in [6, 6.07) is 6.69. The molecule has 0 spiro atoms. The Morgan fingerprint density at radius 2 is 2.13 bits per heavy atom. The molecule has 1 unspecified atom stereocenters. The zero-order valence-corrected chi connectivity index (χ0v) is 8.30. The Kier molecular flexibility index (Phi) is 2.41. The molecule has 0 aromatic heterocycles. The minimum absolute atomic E-state index is 0.0622. The molecule has 0 saturated heterocycles. The molecule has 4 nitrogen and oxygen atoms in total. The van der Waals surface area contributed by atoms with E-state index in [-0.39, 0.29) is 11.7 Å². The quantitative estimate of drug-likeness (QED) is 0.805. The number of nitrogens with zero attached hydrogens (tertiary/aromatic N) is 1. The van der Waals surface area contributed by atoms with Gasteiger partial charge in [0, 0.05) is 6.42 Å². The summed E-state index contributed by atoms with van der Waals surface area (Å²) in [5.74, 6) is -0.915. The molecule has 15 heavy (non-hydrogen) atoms. The average Bonchev–Trinajstić information content (AvgIpc) is 2.65. The molecule has 4 heteroatoms. The number of hydrogen-bond donors (Lipinski definition) is 1. The van der Waals surface area contributed by atoms with Gasteiger partial charge in [0.2, 0.25) is 0 Å². The summed E-state index contributed by atoms with van der Waals surface area (Å²) in [4.78, 5) is 15.8. The lowest BCUT2D eigenvalue weighted by atomic mass is 10.0. The number of carboxylic acid groups (broad SMARTS) is 1. The van der Waals surface area contributed by atoms with Crippen molar-refractivity contribution in [2.75, 3.05) is 0 Å². The van der Waals surface area contributed by atoms with Crippen LogP contribution in [0, 0.1) is 0 Å². The van der Waals surface area contributed by atoms with Crippen LogP contribution in [0.15, 0.2) is 29.4 Å². The standard InChI is InChI=1S/C11H11NO3/c1-7-6-10(15-12-7)8-2-4-9(5-3-8)11(13)14/h2-5,10H,6H2,1H3,(H,13,14). The largest absolute Gasteiger partial charge is 0.478 e. The summed E-state index contributed by atoms with van der Waals surface area (Å²) in [6.45, 7) is 1.91. The van der Waals surface area contributed by atoms with Crippen molar-refractivity contribution in [2.45, 2.75) is 19.4 Å². The van der Waals surface area contributed by atoms with Gasteiger partial charge in [-0.1, -0.05) is 17.3 Å². The second-order valence-electron chi connectivity index (χ2n) is 3.55. The van der Waals surface area contributed by atoms with Crippen LogP contribution in [-0.4, -0.2) is 16.8 Å². The van der Waals surface area contributed by atoms with Crippen LogP contribution in [-0.2, 0) is 4.84 Å². The van der Waals surface area contributed by atoms with Crippen LogP contribution < -0.4 is 0 Å². The van der Waals surface area contributed by atoms with Crippen molar-refractivity contribution in [1.82, 2.24) is 0 Å². The predicted octanol–water partition coefficient (Wildman–Crippen LogP) is 2.22. The highest BCUT2D eigenvalue weighted by Gasteiger charge is 2.20. The fraction of sp³-hybridized carbons (Fsp3) is 0.273. The normalized spacial score (nSPS) is 19.5. The monoisotopic (exact) mass is 205 g/mol. The zero-order chi connectivity index (χ0) is 10.8. The van der Waals surface area contributed by atoms with Crippen LogP contribution in [0.25, 0.3) is 0 Å². The maximum Gasteiger partial charge on any atom is 0.335 e. The second kappa shape index (κ2) is 3.73. The van der Waals surface area contributed by atoms with E-state index in [0.717, 1.165) is 17.7 Å². The fourth-order valence-corrected chi connectivity index (χ4v) is 1.52. The van der Waals surface area contributed by atoms with Gasteiger partial charge < -0.3 is 9.94 Å². The first-order valence-corrected chi connectivity index (χ1v) is 4.69. The van der Waals surface area contributed by atoms with Crippen molar-refractivity contribution in [2.24, 2.45) is 5.16 Å². The van der Waals surface area contributed by atoms with Gasteiger partial charge >= 0.3 is 5.97 Å². The smallest absolute Gasteiger partial charge is 0.335 e. The van der Waals surface area contributed by atoms with Crippen LogP contribution >= 0.6 is 0 Å². The highest BCUT2D eigenvalue weighted by atomic mass is 16.6. The zero-order valence-electron chi connectivity index (χ0n) is 8.30. The van der Waals surface area contributed by atoms with E-state index in [0.29, 0.717) is 0 Å². The Labute approximate surface area is 87.2 Å². The van der Waals surface area contributed by atoms with Gasteiger partial charge in [0.25, 0.3) is 0 Å². The molecule has 78 valence electrons. The van der Waals surface area contributed by atoms with Gasteiger partial charge in [-0.15, -0.1) is 0 Å². The molecule has 0 saturated carbocycles. The highest BCUT2D eigenvalue weighted by Crippen LogP contribution is 2.26. The Morgan fingerprint density at radius 1 is 1.47 bits per heavy atom. The van der Waals surface area contributed by atoms with Gasteiger partial charge in [-0.2, -0.15) is 0 Å². The SMILES string of the molecule is CC1=NOC(c2ccc(C(=O)O)cc2)C1. The van der Waals surface area contributed by atoms with Crippen LogP contribution in [0.2, 0.25) is 0 Å². The Bertz CT molecular complexity index is 408. The molecular weight excluding hydrogens is 194 g/mol. The number of rotatable bonds is 2. The summed E-state index contributed by atoms with van der Waals surface area (Å²) >= 11 is 0. The molecule has 0 fully saturated rings. The van der Waals surface area contributed by atoms with E-state index < -0.39 is 5.97 Å². The third kappa shape index (κ3) is 1.98. The second-order valence-corrected chi connectivity index (χ2v) is 3.55. The third-order valence-electron chi connectivity index (χ3n) is 2.35. The molecule has 0 radical (unpaired) electrons. The van der Waals surface area contributed by atoms with Crippen molar-refractivity contribution in [3.63, 3.8) is 0 Å². The molecular formula is C11H11NO3. The number of benzene rings is 1. The predicted molar refractivity (Wildman–Crippen MR) is 55.0 cm³/mol. The van der Waals surface area contributed by atoms with Gasteiger partial charge in [-0.25, -0.2) is 4.79 Å². The van der Waals surface area contributed by atoms with Gasteiger partial charge in [-0.3, -0.25) is 0 Å². The summed E-state index contributed by atoms with van der Waals surface area (Å²) in [5, 5.41) is 12.6. The number of aromatic carboxylic acids is 1. The van der Waals surface area contributed by atoms with Crippen molar-refractivity contribution in [1.29, 1.82) is 0 Å². The van der Waals surface area contributed by atoms with Crippen molar-refractivity contribution in [3.05, 3.63) is 35.4 Å². The first kappa shape index (κ1) is 9.71. The lowest BCUT2D eigenvalue weighted by molar-refractivity contribution is 0.0696. The maximum atomic E-state index is 10.6. The number of carbonyl (C=O) groups is 1. The van der Waals surface area contributed by atoms with Gasteiger partial charge in [0.1, 0.15) is 0 Å². The van der Waals surface area contributed by atoms with Crippen LogP contribution in [0.5, 0.6) is 0 Å². The summed E-state index contributed by atoms with van der Waals surface area (Å²) < 4.78 is 0. The number of carboxylic acids is 1. The van der Waals surface area contributed by atoms with E-state index in [2.05, 4.69) is 5.16 Å². The molecule has 1 atom stereocenters. The minimum atomic E-state index is -0.915. The van der Waals surface area contributed by atoms with Crippen molar-refractivity contribution >= 4 is 11.7 Å². The van der Waals surface area contributed by atoms with Gasteiger partial charge in [0.15, 0.2) is 6.10 Å². The Hall–Kier alpha value is -1.84. The first-order valence-electron chi connectivity index (χ1n) is 4.69. The van der Waals surface area contributed by atoms with Crippen LogP contribution in [0.1, 0.15) is 35.4 Å². The first-order chi connectivity index (χ1) is 7.16. The molecule has 1 aliphatic heterocycles.